The molecule has 5 heteroatoms. The molecule has 1 aromatic heterocycles. The molecule has 5 rings (SSSR count). The van der Waals surface area contributed by atoms with E-state index < -0.39 is 0 Å². The molecule has 26 heavy (non-hydrogen) atoms. The average Bonchev–Trinajstić information content (AvgIpc) is 3.01. The van der Waals surface area contributed by atoms with E-state index in [1.165, 1.54) is 48.7 Å². The highest BCUT2D eigenvalue weighted by Crippen LogP contribution is 2.59. The lowest BCUT2D eigenvalue weighted by atomic mass is 9.63. The average molecular weight is 375 g/mol. The summed E-state index contributed by atoms with van der Waals surface area (Å²) in [5.41, 5.74) is 4.30. The Kier molecular flexibility index (Phi) is 4.31. The zero-order valence-corrected chi connectivity index (χ0v) is 16.3. The van der Waals surface area contributed by atoms with Crippen LogP contribution in [-0.2, 0) is 16.0 Å². The van der Waals surface area contributed by atoms with Gasteiger partial charge in [-0.2, -0.15) is 0 Å². The van der Waals surface area contributed by atoms with E-state index in [9.17, 15) is 4.79 Å². The number of fused-ring (bicyclic) bond motifs is 3. The molecule has 3 atom stereocenters. The first-order valence-electron chi connectivity index (χ1n) is 9.64. The fourth-order valence-electron chi connectivity index (χ4n) is 6.02. The van der Waals surface area contributed by atoms with Crippen molar-refractivity contribution in [3.63, 3.8) is 0 Å². The second-order valence-corrected chi connectivity index (χ2v) is 8.00. The van der Waals surface area contributed by atoms with E-state index >= 15 is 0 Å². The van der Waals surface area contributed by atoms with Gasteiger partial charge in [-0.15, -0.1) is 12.4 Å². The van der Waals surface area contributed by atoms with E-state index in [2.05, 4.69) is 40.7 Å². The van der Waals surface area contributed by atoms with Gasteiger partial charge < -0.3 is 9.30 Å². The molecule has 3 aliphatic heterocycles. The Morgan fingerprint density at radius 1 is 1.31 bits per heavy atom. The zero-order valence-electron chi connectivity index (χ0n) is 15.5. The van der Waals surface area contributed by atoms with Gasteiger partial charge in [0, 0.05) is 23.1 Å². The summed E-state index contributed by atoms with van der Waals surface area (Å²) in [5, 5.41) is 1.34. The number of aromatic nitrogens is 1. The molecule has 3 aliphatic rings. The molecule has 140 valence electrons. The van der Waals surface area contributed by atoms with Crippen molar-refractivity contribution in [3.05, 3.63) is 35.5 Å². The van der Waals surface area contributed by atoms with E-state index in [0.717, 1.165) is 25.8 Å². The summed E-state index contributed by atoms with van der Waals surface area (Å²) in [5.74, 6) is -0.0856. The molecular formula is C21H27ClN2O2. The van der Waals surface area contributed by atoms with Crippen LogP contribution in [0.4, 0.5) is 0 Å². The van der Waals surface area contributed by atoms with Gasteiger partial charge in [0.05, 0.1) is 13.2 Å². The van der Waals surface area contributed by atoms with Crippen LogP contribution in [0.5, 0.6) is 0 Å². The molecular weight excluding hydrogens is 348 g/mol. The van der Waals surface area contributed by atoms with Crippen molar-refractivity contribution in [2.45, 2.75) is 51.1 Å². The maximum absolute atomic E-state index is 12.8. The summed E-state index contributed by atoms with van der Waals surface area (Å²) >= 11 is 0. The molecule has 0 saturated carbocycles. The van der Waals surface area contributed by atoms with Gasteiger partial charge >= 0.3 is 5.97 Å². The van der Waals surface area contributed by atoms with Gasteiger partial charge in [0.15, 0.2) is 0 Å². The lowest BCUT2D eigenvalue weighted by Crippen LogP contribution is -2.53. The van der Waals surface area contributed by atoms with Crippen LogP contribution in [0.1, 0.15) is 55.9 Å². The highest BCUT2D eigenvalue weighted by molar-refractivity contribution is 5.89. The first-order chi connectivity index (χ1) is 12.2. The number of hydrogen-bond donors (Lipinski definition) is 0. The van der Waals surface area contributed by atoms with Gasteiger partial charge in [0.2, 0.25) is 0 Å². The van der Waals surface area contributed by atoms with Crippen LogP contribution in [0, 0.1) is 5.41 Å². The number of esters is 1. The van der Waals surface area contributed by atoms with E-state index in [1.807, 2.05) is 0 Å². The number of nitrogens with zero attached hydrogens (tertiary/aromatic N) is 2. The third-order valence-corrected chi connectivity index (χ3v) is 7.12. The standard InChI is InChI=1S/C21H26N2O2.ClH/c1-3-21-10-6-11-22-12-9-15-14-7-4-5-8-16(14)23(18(15)19(21)22)17(13-21)20(24)25-2;/h4-5,7-8,17,19H,3,6,9-13H2,1-2H3;1H/t17?,19-,21+;/m1./s1. The van der Waals surface area contributed by atoms with Crippen LogP contribution in [0.25, 0.3) is 10.9 Å². The summed E-state index contributed by atoms with van der Waals surface area (Å²) in [4.78, 5) is 15.5. The summed E-state index contributed by atoms with van der Waals surface area (Å²) in [7, 11) is 1.53. The minimum Gasteiger partial charge on any atom is -0.467 e. The van der Waals surface area contributed by atoms with E-state index in [0.29, 0.717) is 6.04 Å². The third-order valence-electron chi connectivity index (χ3n) is 7.12. The van der Waals surface area contributed by atoms with Gasteiger partial charge in [-0.25, -0.2) is 4.79 Å². The second-order valence-electron chi connectivity index (χ2n) is 8.00. The van der Waals surface area contributed by atoms with Crippen LogP contribution in [0.2, 0.25) is 0 Å². The van der Waals surface area contributed by atoms with Crippen molar-refractivity contribution in [2.24, 2.45) is 5.41 Å². The van der Waals surface area contributed by atoms with Crippen LogP contribution in [0.15, 0.2) is 24.3 Å². The Labute approximate surface area is 160 Å². The highest BCUT2D eigenvalue weighted by Gasteiger charge is 2.54. The smallest absolute Gasteiger partial charge is 0.328 e. The molecule has 4 heterocycles. The summed E-state index contributed by atoms with van der Waals surface area (Å²) in [6.07, 6.45) is 5.59. The van der Waals surface area contributed by atoms with Crippen molar-refractivity contribution in [2.75, 3.05) is 20.2 Å². The Morgan fingerprint density at radius 2 is 2.12 bits per heavy atom. The highest BCUT2D eigenvalue weighted by atomic mass is 35.5. The first-order valence-corrected chi connectivity index (χ1v) is 9.64. The minimum atomic E-state index is -0.187. The monoisotopic (exact) mass is 374 g/mol. The van der Waals surface area contributed by atoms with Crippen molar-refractivity contribution in [3.8, 4) is 0 Å². The van der Waals surface area contributed by atoms with Crippen LogP contribution in [-0.4, -0.2) is 35.6 Å². The molecule has 0 N–H and O–H groups in total. The van der Waals surface area contributed by atoms with Gasteiger partial charge in [0.1, 0.15) is 6.04 Å². The molecule has 0 radical (unpaired) electrons. The normalized spacial score (nSPS) is 29.8. The molecule has 1 unspecified atom stereocenters. The Bertz CT molecular complexity index is 861. The molecule has 0 amide bonds. The first kappa shape index (κ1) is 17.9. The topological polar surface area (TPSA) is 34.5 Å². The zero-order chi connectivity index (χ0) is 17.2. The van der Waals surface area contributed by atoms with Gasteiger partial charge in [-0.05, 0) is 55.7 Å². The van der Waals surface area contributed by atoms with Crippen molar-refractivity contribution < 1.29 is 9.53 Å². The number of halogens is 1. The van der Waals surface area contributed by atoms with Crippen LogP contribution >= 0.6 is 12.4 Å². The van der Waals surface area contributed by atoms with Gasteiger partial charge in [-0.3, -0.25) is 4.90 Å². The number of hydrogen-bond acceptors (Lipinski definition) is 3. The largest absolute Gasteiger partial charge is 0.467 e. The predicted molar refractivity (Wildman–Crippen MR) is 105 cm³/mol. The molecule has 2 aromatic rings. The predicted octanol–water partition coefficient (Wildman–Crippen LogP) is 4.27. The number of methoxy groups -OCH3 is 1. The Hall–Kier alpha value is -1.52. The third kappa shape index (κ3) is 2.15. The van der Waals surface area contributed by atoms with E-state index in [1.54, 1.807) is 0 Å². The Balaban J connectivity index is 0.00000168. The van der Waals surface area contributed by atoms with Gasteiger partial charge in [0.25, 0.3) is 0 Å². The number of benzene rings is 1. The number of carbonyl (C=O) groups excluding carboxylic acids is 1. The number of rotatable bonds is 2. The molecule has 0 aliphatic carbocycles. The van der Waals surface area contributed by atoms with Crippen LogP contribution in [0.3, 0.4) is 0 Å². The fourth-order valence-corrected chi connectivity index (χ4v) is 6.02. The Morgan fingerprint density at radius 3 is 2.88 bits per heavy atom. The molecule has 0 bridgehead atoms. The lowest BCUT2D eigenvalue weighted by molar-refractivity contribution is -0.149. The van der Waals surface area contributed by atoms with E-state index in [4.69, 9.17) is 4.74 Å². The van der Waals surface area contributed by atoms with Crippen molar-refractivity contribution in [1.82, 2.24) is 9.47 Å². The quantitative estimate of drug-likeness (QED) is 0.736. The molecule has 4 nitrogen and oxygen atoms in total. The molecule has 1 fully saturated rings. The fraction of sp³-hybridized carbons (Fsp3) is 0.571. The number of piperidine rings is 1. The number of carbonyl (C=O) groups is 1. The lowest BCUT2D eigenvalue weighted by Gasteiger charge is -2.56. The maximum atomic E-state index is 12.8. The number of ether oxygens (including phenoxy) is 1. The summed E-state index contributed by atoms with van der Waals surface area (Å²) in [6, 6.07) is 8.90. The number of para-hydroxylation sites is 1. The van der Waals surface area contributed by atoms with Gasteiger partial charge in [-0.1, -0.05) is 25.1 Å². The van der Waals surface area contributed by atoms with Crippen molar-refractivity contribution in [1.29, 1.82) is 0 Å². The molecule has 1 aromatic carbocycles. The summed E-state index contributed by atoms with van der Waals surface area (Å²) in [6.45, 7) is 4.65. The second kappa shape index (κ2) is 6.28. The minimum absolute atomic E-state index is 0. The summed E-state index contributed by atoms with van der Waals surface area (Å²) < 4.78 is 7.59. The van der Waals surface area contributed by atoms with Crippen molar-refractivity contribution >= 4 is 29.3 Å². The molecule has 1 saturated heterocycles. The maximum Gasteiger partial charge on any atom is 0.328 e. The van der Waals surface area contributed by atoms with E-state index in [-0.39, 0.29) is 29.8 Å². The SMILES string of the molecule is CC[C@]12CCCN3CCc4c(n(c5ccccc45)C(C(=O)OC)C1)[C@@H]32.Cl. The molecule has 0 spiro atoms. The van der Waals surface area contributed by atoms with Crippen LogP contribution < -0.4 is 0 Å².